The van der Waals surface area contributed by atoms with Crippen LogP contribution in [-0.4, -0.2) is 48.9 Å². The van der Waals surface area contributed by atoms with Gasteiger partial charge in [0.2, 0.25) is 5.91 Å². The molecule has 0 bridgehead atoms. The van der Waals surface area contributed by atoms with Crippen molar-refractivity contribution >= 4 is 41.2 Å². The Morgan fingerprint density at radius 1 is 0.923 bits per heavy atom. The lowest BCUT2D eigenvalue weighted by Crippen LogP contribution is -2.38. The number of rotatable bonds is 10. The van der Waals surface area contributed by atoms with Crippen LogP contribution in [0.25, 0.3) is 6.08 Å². The molecule has 1 aliphatic heterocycles. The molecule has 0 radical (unpaired) electrons. The predicted octanol–water partition coefficient (Wildman–Crippen LogP) is 3.81. The number of hydrogen-bond acceptors (Lipinski definition) is 6. The zero-order valence-electron chi connectivity index (χ0n) is 21.5. The van der Waals surface area contributed by atoms with Crippen LogP contribution in [0.4, 0.5) is 16.2 Å². The minimum absolute atomic E-state index is 0.0136. The van der Waals surface area contributed by atoms with Crippen molar-refractivity contribution in [3.8, 4) is 11.5 Å². The lowest BCUT2D eigenvalue weighted by Gasteiger charge is -2.13. The van der Waals surface area contributed by atoms with Crippen LogP contribution in [0.15, 0.2) is 78.5 Å². The second-order valence-electron chi connectivity index (χ2n) is 8.55. The van der Waals surface area contributed by atoms with E-state index in [1.807, 2.05) is 37.3 Å². The Labute approximate surface area is 225 Å². The molecule has 4 rings (SSSR count). The van der Waals surface area contributed by atoms with E-state index in [2.05, 4.69) is 16.0 Å². The fraction of sp³-hybridized carbons (Fsp3) is 0.172. The molecule has 1 aliphatic rings. The summed E-state index contributed by atoms with van der Waals surface area (Å²) < 4.78 is 11.0. The summed E-state index contributed by atoms with van der Waals surface area (Å²) in [4.78, 5) is 50.9. The fourth-order valence-corrected chi connectivity index (χ4v) is 3.92. The lowest BCUT2D eigenvalue weighted by atomic mass is 10.1. The van der Waals surface area contributed by atoms with Crippen molar-refractivity contribution in [1.29, 1.82) is 0 Å². The van der Waals surface area contributed by atoms with Gasteiger partial charge in [-0.2, -0.15) is 0 Å². The smallest absolute Gasteiger partial charge is 0.329 e. The van der Waals surface area contributed by atoms with E-state index in [1.165, 1.54) is 13.2 Å². The number of hydrogen-bond donors (Lipinski definition) is 3. The third kappa shape index (κ3) is 6.80. The van der Waals surface area contributed by atoms with E-state index in [0.717, 1.165) is 16.9 Å². The molecule has 3 N–H and O–H groups in total. The summed E-state index contributed by atoms with van der Waals surface area (Å²) in [6.45, 7) is 1.30. The molecule has 0 aliphatic carbocycles. The van der Waals surface area contributed by atoms with E-state index in [-0.39, 0.29) is 18.2 Å². The largest absolute Gasteiger partial charge is 0.493 e. The molecule has 3 aromatic rings. The van der Waals surface area contributed by atoms with E-state index in [1.54, 1.807) is 42.5 Å². The molecule has 200 valence electrons. The van der Waals surface area contributed by atoms with E-state index >= 15 is 0 Å². The summed E-state index contributed by atoms with van der Waals surface area (Å²) in [5.41, 5.74) is 2.79. The topological polar surface area (TPSA) is 126 Å². The van der Waals surface area contributed by atoms with Gasteiger partial charge in [-0.15, -0.1) is 0 Å². The third-order valence-corrected chi connectivity index (χ3v) is 5.85. The zero-order valence-corrected chi connectivity index (χ0v) is 21.5. The first-order chi connectivity index (χ1) is 18.9. The van der Waals surface area contributed by atoms with Gasteiger partial charge in [-0.3, -0.25) is 14.4 Å². The number of carbonyl (C=O) groups is 4. The second kappa shape index (κ2) is 12.4. The van der Waals surface area contributed by atoms with Crippen molar-refractivity contribution in [3.05, 3.63) is 89.6 Å². The summed E-state index contributed by atoms with van der Waals surface area (Å²) >= 11 is 0. The highest BCUT2D eigenvalue weighted by atomic mass is 16.5. The Bertz CT molecular complexity index is 1420. The maximum Gasteiger partial charge on any atom is 0.329 e. The van der Waals surface area contributed by atoms with Gasteiger partial charge in [0.05, 0.1) is 7.11 Å². The number of nitrogens with one attached hydrogen (secondary N) is 3. The van der Waals surface area contributed by atoms with Crippen molar-refractivity contribution in [3.63, 3.8) is 0 Å². The Morgan fingerprint density at radius 3 is 2.41 bits per heavy atom. The number of nitrogens with zero attached hydrogens (tertiary/aromatic N) is 1. The van der Waals surface area contributed by atoms with Crippen LogP contribution in [0.2, 0.25) is 0 Å². The summed E-state index contributed by atoms with van der Waals surface area (Å²) in [6.07, 6.45) is 2.19. The molecule has 0 atom stereocenters. The molecular weight excluding hydrogens is 500 g/mol. The molecule has 1 fully saturated rings. The first-order valence-corrected chi connectivity index (χ1v) is 12.3. The fourth-order valence-electron chi connectivity index (χ4n) is 3.92. The van der Waals surface area contributed by atoms with Gasteiger partial charge < -0.3 is 25.4 Å². The molecule has 39 heavy (non-hydrogen) atoms. The number of anilines is 2. The van der Waals surface area contributed by atoms with Crippen LogP contribution >= 0.6 is 0 Å². The van der Waals surface area contributed by atoms with E-state index < -0.39 is 24.4 Å². The minimum atomic E-state index is -0.693. The summed E-state index contributed by atoms with van der Waals surface area (Å²) in [5.74, 6) is -0.790. The quantitative estimate of drug-likeness (QED) is 0.271. The molecule has 0 unspecified atom stereocenters. The SMILES string of the molecule is CCc1ccccc1NC(=O)CN1C(=O)N/C(=C/c2ccc(OCC(=O)Nc3ccccc3)c(OC)c2)C1=O. The third-order valence-electron chi connectivity index (χ3n) is 5.85. The number of amides is 5. The summed E-state index contributed by atoms with van der Waals surface area (Å²) in [6, 6.07) is 20.5. The highest BCUT2D eigenvalue weighted by molar-refractivity contribution is 6.16. The molecule has 1 saturated heterocycles. The molecule has 0 spiro atoms. The van der Waals surface area contributed by atoms with Crippen molar-refractivity contribution < 1.29 is 28.7 Å². The van der Waals surface area contributed by atoms with Crippen molar-refractivity contribution in [1.82, 2.24) is 10.2 Å². The van der Waals surface area contributed by atoms with Gasteiger partial charge >= 0.3 is 6.03 Å². The number of aryl methyl sites for hydroxylation is 1. The standard InChI is InChI=1S/C29H28N4O6/c1-3-20-9-7-8-12-22(20)31-26(34)17-33-28(36)23(32-29(33)37)15-19-13-14-24(25(16-19)38-2)39-18-27(35)30-21-10-5-4-6-11-21/h4-16H,3,17-18H2,1-2H3,(H,30,35)(H,31,34)(H,32,37)/b23-15+. The number of methoxy groups -OCH3 is 1. The van der Waals surface area contributed by atoms with Crippen molar-refractivity contribution in [2.24, 2.45) is 0 Å². The molecule has 10 nitrogen and oxygen atoms in total. The highest BCUT2D eigenvalue weighted by Gasteiger charge is 2.35. The van der Waals surface area contributed by atoms with Crippen LogP contribution in [0.5, 0.6) is 11.5 Å². The maximum absolute atomic E-state index is 12.9. The van der Waals surface area contributed by atoms with Gasteiger partial charge in [-0.25, -0.2) is 9.69 Å². The van der Waals surface area contributed by atoms with Gasteiger partial charge in [0.15, 0.2) is 18.1 Å². The predicted molar refractivity (Wildman–Crippen MR) is 146 cm³/mol. The van der Waals surface area contributed by atoms with Gasteiger partial charge in [0, 0.05) is 11.4 Å². The van der Waals surface area contributed by atoms with Crippen molar-refractivity contribution in [2.45, 2.75) is 13.3 Å². The van der Waals surface area contributed by atoms with Crippen LogP contribution in [0.1, 0.15) is 18.1 Å². The van der Waals surface area contributed by atoms with Gasteiger partial charge in [0.25, 0.3) is 11.8 Å². The second-order valence-corrected chi connectivity index (χ2v) is 8.55. The highest BCUT2D eigenvalue weighted by Crippen LogP contribution is 2.29. The molecule has 3 aromatic carbocycles. The molecule has 1 heterocycles. The van der Waals surface area contributed by atoms with E-state index in [0.29, 0.717) is 28.4 Å². The van der Waals surface area contributed by atoms with Gasteiger partial charge in [-0.05, 0) is 54.0 Å². The number of urea groups is 1. The Hall–Kier alpha value is -5.12. The number of ether oxygens (including phenoxy) is 2. The van der Waals surface area contributed by atoms with Crippen LogP contribution in [-0.2, 0) is 20.8 Å². The van der Waals surface area contributed by atoms with E-state index in [9.17, 15) is 19.2 Å². The Morgan fingerprint density at radius 2 is 1.67 bits per heavy atom. The van der Waals surface area contributed by atoms with E-state index in [4.69, 9.17) is 9.47 Å². The molecule has 5 amide bonds. The average molecular weight is 529 g/mol. The van der Waals surface area contributed by atoms with Gasteiger partial charge in [0.1, 0.15) is 12.2 Å². The normalized spacial score (nSPS) is 13.7. The lowest BCUT2D eigenvalue weighted by molar-refractivity contribution is -0.127. The molecule has 0 saturated carbocycles. The maximum atomic E-state index is 12.9. The van der Waals surface area contributed by atoms with Crippen LogP contribution < -0.4 is 25.4 Å². The van der Waals surface area contributed by atoms with Gasteiger partial charge in [-0.1, -0.05) is 49.4 Å². The monoisotopic (exact) mass is 528 g/mol. The van der Waals surface area contributed by atoms with Crippen molar-refractivity contribution in [2.75, 3.05) is 30.9 Å². The average Bonchev–Trinajstić information content (AvgIpc) is 3.20. The molecule has 10 heteroatoms. The first kappa shape index (κ1) is 26.9. The molecule has 0 aromatic heterocycles. The number of benzene rings is 3. The Kier molecular flexibility index (Phi) is 8.57. The Balaban J connectivity index is 1.39. The summed E-state index contributed by atoms with van der Waals surface area (Å²) in [7, 11) is 1.45. The number of imide groups is 1. The number of carbonyl (C=O) groups excluding carboxylic acids is 4. The van der Waals surface area contributed by atoms with Crippen LogP contribution in [0, 0.1) is 0 Å². The zero-order chi connectivity index (χ0) is 27.8. The minimum Gasteiger partial charge on any atom is -0.493 e. The number of para-hydroxylation sites is 2. The summed E-state index contributed by atoms with van der Waals surface area (Å²) in [5, 5.41) is 7.99. The first-order valence-electron chi connectivity index (χ1n) is 12.3. The molecular formula is C29H28N4O6. The van der Waals surface area contributed by atoms with Crippen LogP contribution in [0.3, 0.4) is 0 Å².